The molecule has 1 heterocycles. The number of alkyl carbamates (subject to hydrolysis) is 1. The van der Waals surface area contributed by atoms with Crippen LogP contribution in [0.15, 0.2) is 84.9 Å². The van der Waals surface area contributed by atoms with Gasteiger partial charge >= 0.3 is 12.1 Å². The zero-order chi connectivity index (χ0) is 31.9. The molecule has 5 rings (SSSR count). The second-order valence-electron chi connectivity index (χ2n) is 13.4. The van der Waals surface area contributed by atoms with Crippen LogP contribution < -0.4 is 10.6 Å². The van der Waals surface area contributed by atoms with E-state index in [1.54, 1.807) is 0 Å². The molecule has 1 aliphatic carbocycles. The lowest BCUT2D eigenvalue weighted by molar-refractivity contribution is -0.146. The number of rotatable bonds is 11. The Bertz CT molecular complexity index is 1440. The van der Waals surface area contributed by atoms with E-state index < -0.39 is 11.7 Å². The van der Waals surface area contributed by atoms with Crippen LogP contribution in [0.3, 0.4) is 0 Å². The van der Waals surface area contributed by atoms with Gasteiger partial charge in [0.2, 0.25) is 0 Å². The first-order valence-electron chi connectivity index (χ1n) is 16.2. The maximum absolute atomic E-state index is 14.4. The summed E-state index contributed by atoms with van der Waals surface area (Å²) in [6, 6.07) is 27.5. The highest BCUT2D eigenvalue weighted by atomic mass is 16.6. The highest BCUT2D eigenvalue weighted by Gasteiger charge is 2.55. The number of piperidine rings is 1. The third-order valence-corrected chi connectivity index (χ3v) is 9.18. The van der Waals surface area contributed by atoms with E-state index in [-0.39, 0.29) is 48.1 Å². The lowest BCUT2D eigenvalue weighted by atomic mass is 9.64. The number of ether oxygens (including phenoxy) is 2. The Kier molecular flexibility index (Phi) is 10.4. The Labute approximate surface area is 267 Å². The van der Waals surface area contributed by atoms with E-state index in [2.05, 4.69) is 22.8 Å². The molecule has 2 aliphatic rings. The van der Waals surface area contributed by atoms with Gasteiger partial charge < -0.3 is 20.1 Å². The molecular formula is C38H46N2O5. The number of nitrogens with one attached hydrogen (secondary N) is 2. The summed E-state index contributed by atoms with van der Waals surface area (Å²) >= 11 is 0. The van der Waals surface area contributed by atoms with E-state index >= 15 is 0 Å². The lowest BCUT2D eigenvalue weighted by Gasteiger charge is -2.41. The average molecular weight is 611 g/mol. The van der Waals surface area contributed by atoms with Gasteiger partial charge in [-0.05, 0) is 81.8 Å². The molecule has 0 radical (unpaired) electrons. The number of benzene rings is 3. The molecule has 0 aromatic heterocycles. The Morgan fingerprint density at radius 2 is 1.56 bits per heavy atom. The lowest BCUT2D eigenvalue weighted by Crippen LogP contribution is -2.46. The Morgan fingerprint density at radius 3 is 2.24 bits per heavy atom. The number of fused-ring (bicyclic) bond motifs is 2. The van der Waals surface area contributed by atoms with Crippen LogP contribution in [0.25, 0.3) is 0 Å². The summed E-state index contributed by atoms with van der Waals surface area (Å²) in [6.45, 7) is 7.40. The van der Waals surface area contributed by atoms with Gasteiger partial charge in [-0.25, -0.2) is 4.79 Å². The number of ketones is 1. The Hall–Kier alpha value is -3.97. The fourth-order valence-electron chi connectivity index (χ4n) is 7.29. The summed E-state index contributed by atoms with van der Waals surface area (Å²) in [5.74, 6) is -0.652. The molecular weight excluding hydrogens is 564 g/mol. The largest absolute Gasteiger partial charge is 0.461 e. The highest BCUT2D eigenvalue weighted by molar-refractivity contribution is 5.87. The number of hydrogen-bond donors (Lipinski definition) is 2. The first-order chi connectivity index (χ1) is 21.7. The van der Waals surface area contributed by atoms with Crippen LogP contribution in [0.4, 0.5) is 4.79 Å². The molecule has 1 saturated heterocycles. The van der Waals surface area contributed by atoms with E-state index in [0.29, 0.717) is 19.3 Å². The van der Waals surface area contributed by atoms with Crippen molar-refractivity contribution in [3.05, 3.63) is 107 Å². The van der Waals surface area contributed by atoms with Crippen molar-refractivity contribution in [2.45, 2.75) is 88.9 Å². The number of amides is 1. The van der Waals surface area contributed by atoms with E-state index in [9.17, 15) is 14.4 Å². The van der Waals surface area contributed by atoms with Crippen LogP contribution >= 0.6 is 0 Å². The number of esters is 1. The molecule has 7 nitrogen and oxygen atoms in total. The standard InChI is InChI=1S/C38H46N2O5/c1-37(2,3)45-36(43)40-32(28-15-8-5-9-16-28)19-12-20-33(41)35-30(25-34(42)44-26-27-13-6-4-7-14-27)29-17-10-11-18-31(29)38(35)21-23-39-24-22-38/h4-11,13-18,30,32,35,39H,12,19-26H2,1-3H3,(H,40,43)/t30?,32?,35-/m0/s1. The zero-order valence-electron chi connectivity index (χ0n) is 26.7. The number of carbonyl (C=O) groups is 3. The van der Waals surface area contributed by atoms with Crippen molar-refractivity contribution in [2.24, 2.45) is 5.92 Å². The molecule has 1 spiro atoms. The molecule has 7 heteroatoms. The van der Waals surface area contributed by atoms with Crippen molar-refractivity contribution < 1.29 is 23.9 Å². The third kappa shape index (κ3) is 8.01. The van der Waals surface area contributed by atoms with Crippen LogP contribution in [0.5, 0.6) is 0 Å². The minimum absolute atomic E-state index is 0.169. The maximum Gasteiger partial charge on any atom is 0.408 e. The van der Waals surface area contributed by atoms with Crippen molar-refractivity contribution in [3.8, 4) is 0 Å². The summed E-state index contributed by atoms with van der Waals surface area (Å²) in [5, 5.41) is 6.50. The molecule has 1 amide bonds. The fraction of sp³-hybridized carbons (Fsp3) is 0.447. The number of Topliss-reactive ketones (excluding diaryl/α,β-unsaturated/α-hetero) is 1. The minimum atomic E-state index is -0.612. The predicted octanol–water partition coefficient (Wildman–Crippen LogP) is 7.16. The van der Waals surface area contributed by atoms with Gasteiger partial charge in [-0.1, -0.05) is 84.9 Å². The SMILES string of the molecule is CC(C)(C)OC(=O)NC(CCCC(=O)[C@@H]1C(CC(=O)OCc2ccccc2)c2ccccc2C12CCNCC2)c1ccccc1. The summed E-state index contributed by atoms with van der Waals surface area (Å²) in [7, 11) is 0. The van der Waals surface area contributed by atoms with Crippen molar-refractivity contribution in [2.75, 3.05) is 13.1 Å². The van der Waals surface area contributed by atoms with Gasteiger partial charge in [-0.15, -0.1) is 0 Å². The zero-order valence-corrected chi connectivity index (χ0v) is 26.7. The van der Waals surface area contributed by atoms with Gasteiger partial charge in [0.05, 0.1) is 12.5 Å². The minimum Gasteiger partial charge on any atom is -0.461 e. The molecule has 3 aromatic rings. The van der Waals surface area contributed by atoms with E-state index in [4.69, 9.17) is 9.47 Å². The number of hydrogen-bond acceptors (Lipinski definition) is 6. The van der Waals surface area contributed by atoms with Gasteiger partial charge in [0.1, 0.15) is 18.0 Å². The summed E-state index contributed by atoms with van der Waals surface area (Å²) in [4.78, 5) is 40.4. The molecule has 1 aliphatic heterocycles. The molecule has 1 fully saturated rings. The van der Waals surface area contributed by atoms with Gasteiger partial charge in [0.25, 0.3) is 0 Å². The number of carbonyl (C=O) groups excluding carboxylic acids is 3. The first kappa shape index (κ1) is 32.4. The first-order valence-corrected chi connectivity index (χ1v) is 16.2. The second-order valence-corrected chi connectivity index (χ2v) is 13.4. The topological polar surface area (TPSA) is 93.7 Å². The molecule has 3 aromatic carbocycles. The molecule has 0 bridgehead atoms. The predicted molar refractivity (Wildman–Crippen MR) is 175 cm³/mol. The Balaban J connectivity index is 1.33. The van der Waals surface area contributed by atoms with Crippen molar-refractivity contribution in [3.63, 3.8) is 0 Å². The van der Waals surface area contributed by atoms with Crippen LogP contribution in [-0.2, 0) is 31.1 Å². The van der Waals surface area contributed by atoms with Crippen molar-refractivity contribution in [1.29, 1.82) is 0 Å². The van der Waals surface area contributed by atoms with Crippen molar-refractivity contribution in [1.82, 2.24) is 10.6 Å². The van der Waals surface area contributed by atoms with Gasteiger partial charge in [-0.2, -0.15) is 0 Å². The summed E-state index contributed by atoms with van der Waals surface area (Å²) in [6.07, 6.45) is 2.95. The van der Waals surface area contributed by atoms with Crippen molar-refractivity contribution >= 4 is 17.8 Å². The fourth-order valence-corrected chi connectivity index (χ4v) is 7.29. The highest BCUT2D eigenvalue weighted by Crippen LogP contribution is 2.57. The van der Waals surface area contributed by atoms with E-state index in [0.717, 1.165) is 42.6 Å². The quantitative estimate of drug-likeness (QED) is 0.224. The molecule has 2 N–H and O–H groups in total. The average Bonchev–Trinajstić information content (AvgIpc) is 3.28. The van der Waals surface area contributed by atoms with Crippen LogP contribution in [0, 0.1) is 5.92 Å². The molecule has 238 valence electrons. The van der Waals surface area contributed by atoms with Crippen LogP contribution in [0.2, 0.25) is 0 Å². The summed E-state index contributed by atoms with van der Waals surface area (Å²) < 4.78 is 11.3. The maximum atomic E-state index is 14.4. The smallest absolute Gasteiger partial charge is 0.408 e. The van der Waals surface area contributed by atoms with E-state index in [1.807, 2.05) is 93.6 Å². The monoisotopic (exact) mass is 610 g/mol. The molecule has 3 atom stereocenters. The van der Waals surface area contributed by atoms with E-state index in [1.165, 1.54) is 5.56 Å². The second kappa shape index (κ2) is 14.4. The van der Waals surface area contributed by atoms with Gasteiger partial charge in [-0.3, -0.25) is 9.59 Å². The van der Waals surface area contributed by atoms with Crippen LogP contribution in [0.1, 0.15) is 93.5 Å². The molecule has 2 unspecified atom stereocenters. The van der Waals surface area contributed by atoms with Gasteiger partial charge in [0, 0.05) is 23.7 Å². The molecule has 0 saturated carbocycles. The van der Waals surface area contributed by atoms with Crippen LogP contribution in [-0.4, -0.2) is 36.5 Å². The molecule has 45 heavy (non-hydrogen) atoms. The normalized spacial score (nSPS) is 19.4. The summed E-state index contributed by atoms with van der Waals surface area (Å²) in [5.41, 5.74) is 3.30. The third-order valence-electron chi connectivity index (χ3n) is 9.18. The van der Waals surface area contributed by atoms with Gasteiger partial charge in [0.15, 0.2) is 0 Å². The Morgan fingerprint density at radius 1 is 0.911 bits per heavy atom.